The van der Waals surface area contributed by atoms with Crippen LogP contribution in [0.3, 0.4) is 0 Å². The Kier molecular flexibility index (Phi) is 6.97. The summed E-state index contributed by atoms with van der Waals surface area (Å²) in [6.07, 6.45) is 1.19. The lowest BCUT2D eigenvalue weighted by Gasteiger charge is -2.14. The van der Waals surface area contributed by atoms with Gasteiger partial charge in [0.1, 0.15) is 11.8 Å². The highest BCUT2D eigenvalue weighted by Crippen LogP contribution is 2.18. The van der Waals surface area contributed by atoms with Crippen LogP contribution in [0, 0.1) is 11.3 Å². The molecule has 0 spiro atoms. The Morgan fingerprint density at radius 2 is 2.30 bits per heavy atom. The Morgan fingerprint density at radius 3 is 3.00 bits per heavy atom. The van der Waals surface area contributed by atoms with Crippen LogP contribution in [0.25, 0.3) is 0 Å². The van der Waals surface area contributed by atoms with Gasteiger partial charge >= 0.3 is 5.97 Å². The molecule has 5 nitrogen and oxygen atoms in total. The van der Waals surface area contributed by atoms with Crippen LogP contribution in [0.4, 0.5) is 5.69 Å². The monoisotopic (exact) mass is 276 g/mol. The Hall–Kier alpha value is -2.22. The molecule has 0 aliphatic heterocycles. The number of esters is 1. The van der Waals surface area contributed by atoms with Gasteiger partial charge in [-0.3, -0.25) is 0 Å². The van der Waals surface area contributed by atoms with Gasteiger partial charge in [0, 0.05) is 18.2 Å². The van der Waals surface area contributed by atoms with Crippen molar-refractivity contribution < 1.29 is 14.3 Å². The first kappa shape index (κ1) is 15.8. The first-order chi connectivity index (χ1) is 9.67. The van der Waals surface area contributed by atoms with Gasteiger partial charge in [-0.2, -0.15) is 5.26 Å². The molecule has 0 saturated heterocycles. The topological polar surface area (TPSA) is 71.3 Å². The number of hydrogen-bond acceptors (Lipinski definition) is 5. The lowest BCUT2D eigenvalue weighted by atomic mass is 10.2. The van der Waals surface area contributed by atoms with Crippen molar-refractivity contribution in [3.05, 3.63) is 24.3 Å². The van der Waals surface area contributed by atoms with Crippen molar-refractivity contribution in [2.24, 2.45) is 0 Å². The van der Waals surface area contributed by atoms with Crippen molar-refractivity contribution in [1.29, 1.82) is 5.26 Å². The molecule has 1 aromatic carbocycles. The van der Waals surface area contributed by atoms with E-state index in [2.05, 4.69) is 11.4 Å². The van der Waals surface area contributed by atoms with E-state index in [0.717, 1.165) is 5.69 Å². The van der Waals surface area contributed by atoms with E-state index in [4.69, 9.17) is 14.7 Å². The number of unbranched alkanes of at least 4 members (excludes halogenated alkanes) is 1. The lowest BCUT2D eigenvalue weighted by molar-refractivity contribution is -0.143. The first-order valence-corrected chi connectivity index (χ1v) is 6.70. The van der Waals surface area contributed by atoms with E-state index < -0.39 is 6.04 Å². The first-order valence-electron chi connectivity index (χ1n) is 6.70. The van der Waals surface area contributed by atoms with Gasteiger partial charge in [0.2, 0.25) is 0 Å². The SMILES string of the molecule is CCOC(=O)[C@@H](C)Nc1cccc(OCCCC#N)c1. The minimum absolute atomic E-state index is 0.284. The Labute approximate surface area is 119 Å². The molecule has 5 heteroatoms. The summed E-state index contributed by atoms with van der Waals surface area (Å²) in [7, 11) is 0. The molecule has 0 fully saturated rings. The van der Waals surface area contributed by atoms with Crippen molar-refractivity contribution in [3.63, 3.8) is 0 Å². The summed E-state index contributed by atoms with van der Waals surface area (Å²) in [5, 5.41) is 11.5. The summed E-state index contributed by atoms with van der Waals surface area (Å²) < 4.78 is 10.5. The number of nitrogens with one attached hydrogen (secondary N) is 1. The van der Waals surface area contributed by atoms with Crippen LogP contribution < -0.4 is 10.1 Å². The van der Waals surface area contributed by atoms with Gasteiger partial charge < -0.3 is 14.8 Å². The van der Waals surface area contributed by atoms with E-state index >= 15 is 0 Å². The third kappa shape index (κ3) is 5.61. The lowest BCUT2D eigenvalue weighted by Crippen LogP contribution is -2.28. The van der Waals surface area contributed by atoms with E-state index in [0.29, 0.717) is 31.8 Å². The Morgan fingerprint density at radius 1 is 1.50 bits per heavy atom. The number of nitriles is 1. The van der Waals surface area contributed by atoms with E-state index in [1.807, 2.05) is 24.3 Å². The van der Waals surface area contributed by atoms with Crippen LogP contribution >= 0.6 is 0 Å². The maximum absolute atomic E-state index is 11.5. The van der Waals surface area contributed by atoms with Gasteiger partial charge in [-0.05, 0) is 32.4 Å². The van der Waals surface area contributed by atoms with Gasteiger partial charge in [-0.1, -0.05) is 6.07 Å². The number of anilines is 1. The fraction of sp³-hybridized carbons (Fsp3) is 0.467. The Balaban J connectivity index is 2.51. The highest BCUT2D eigenvalue weighted by molar-refractivity contribution is 5.78. The number of benzene rings is 1. The number of carbonyl (C=O) groups excluding carboxylic acids is 1. The summed E-state index contributed by atoms with van der Waals surface area (Å²) in [4.78, 5) is 11.5. The summed E-state index contributed by atoms with van der Waals surface area (Å²) >= 11 is 0. The van der Waals surface area contributed by atoms with Crippen LogP contribution in [0.2, 0.25) is 0 Å². The van der Waals surface area contributed by atoms with Gasteiger partial charge in [0.15, 0.2) is 0 Å². The van der Waals surface area contributed by atoms with Crippen LogP contribution in [0.5, 0.6) is 5.75 Å². The van der Waals surface area contributed by atoms with E-state index in [1.54, 1.807) is 13.8 Å². The molecule has 0 aromatic heterocycles. The van der Waals surface area contributed by atoms with Crippen molar-refractivity contribution in [2.45, 2.75) is 32.7 Å². The smallest absolute Gasteiger partial charge is 0.328 e. The van der Waals surface area contributed by atoms with Gasteiger partial charge in [-0.15, -0.1) is 0 Å². The predicted octanol–water partition coefficient (Wildman–Crippen LogP) is 2.73. The highest BCUT2D eigenvalue weighted by atomic mass is 16.5. The molecule has 0 saturated carbocycles. The average molecular weight is 276 g/mol. The van der Waals surface area contributed by atoms with Crippen LogP contribution in [-0.4, -0.2) is 25.2 Å². The summed E-state index contributed by atoms with van der Waals surface area (Å²) in [5.41, 5.74) is 0.795. The molecule has 20 heavy (non-hydrogen) atoms. The van der Waals surface area contributed by atoms with Gasteiger partial charge in [-0.25, -0.2) is 4.79 Å². The highest BCUT2D eigenvalue weighted by Gasteiger charge is 2.13. The fourth-order valence-corrected chi connectivity index (χ4v) is 1.59. The molecule has 0 amide bonds. The normalized spacial score (nSPS) is 11.2. The van der Waals surface area contributed by atoms with E-state index in [1.165, 1.54) is 0 Å². The Bertz CT molecular complexity index is 468. The van der Waals surface area contributed by atoms with Crippen molar-refractivity contribution in [1.82, 2.24) is 0 Å². The van der Waals surface area contributed by atoms with E-state index in [9.17, 15) is 4.79 Å². The fourth-order valence-electron chi connectivity index (χ4n) is 1.59. The third-order valence-corrected chi connectivity index (χ3v) is 2.56. The number of rotatable bonds is 8. The van der Waals surface area contributed by atoms with Crippen LogP contribution in [0.15, 0.2) is 24.3 Å². The number of carbonyl (C=O) groups is 1. The molecule has 0 unspecified atom stereocenters. The minimum atomic E-state index is -0.413. The molecular formula is C15H20N2O3. The number of nitrogens with zero attached hydrogens (tertiary/aromatic N) is 1. The molecule has 0 bridgehead atoms. The molecule has 108 valence electrons. The molecule has 0 aliphatic carbocycles. The van der Waals surface area contributed by atoms with Crippen molar-refractivity contribution in [3.8, 4) is 11.8 Å². The molecule has 0 heterocycles. The zero-order valence-corrected chi connectivity index (χ0v) is 11.9. The quantitative estimate of drug-likeness (QED) is 0.584. The van der Waals surface area contributed by atoms with Crippen LogP contribution in [0.1, 0.15) is 26.7 Å². The number of hydrogen-bond donors (Lipinski definition) is 1. The summed E-state index contributed by atoms with van der Waals surface area (Å²) in [6.45, 7) is 4.40. The second kappa shape index (κ2) is 8.81. The molecule has 0 radical (unpaired) electrons. The maximum atomic E-state index is 11.5. The van der Waals surface area contributed by atoms with E-state index in [-0.39, 0.29) is 5.97 Å². The van der Waals surface area contributed by atoms with Crippen LogP contribution in [-0.2, 0) is 9.53 Å². The summed E-state index contributed by atoms with van der Waals surface area (Å²) in [6, 6.07) is 9.03. The predicted molar refractivity (Wildman–Crippen MR) is 76.5 cm³/mol. The van der Waals surface area contributed by atoms with Gasteiger partial charge in [0.25, 0.3) is 0 Å². The minimum Gasteiger partial charge on any atom is -0.493 e. The zero-order chi connectivity index (χ0) is 14.8. The number of ether oxygens (including phenoxy) is 2. The van der Waals surface area contributed by atoms with Crippen molar-refractivity contribution in [2.75, 3.05) is 18.5 Å². The largest absolute Gasteiger partial charge is 0.493 e. The third-order valence-electron chi connectivity index (χ3n) is 2.56. The molecule has 0 aliphatic rings. The molecule has 1 rings (SSSR count). The maximum Gasteiger partial charge on any atom is 0.328 e. The second-order valence-electron chi connectivity index (χ2n) is 4.26. The molecule has 1 aromatic rings. The zero-order valence-electron chi connectivity index (χ0n) is 11.9. The average Bonchev–Trinajstić information content (AvgIpc) is 2.44. The molecule has 1 N–H and O–H groups in total. The second-order valence-corrected chi connectivity index (χ2v) is 4.26. The summed E-state index contributed by atoms with van der Waals surface area (Å²) in [5.74, 6) is 0.428. The van der Waals surface area contributed by atoms with Crippen molar-refractivity contribution >= 4 is 11.7 Å². The van der Waals surface area contributed by atoms with Gasteiger partial charge in [0.05, 0.1) is 19.3 Å². The standard InChI is InChI=1S/C15H20N2O3/c1-3-19-15(18)12(2)17-13-7-6-8-14(11-13)20-10-5-4-9-16/h6-8,11-12,17H,3-5,10H2,1-2H3/t12-/m1/s1. The molecule has 1 atom stereocenters. The molecular weight excluding hydrogens is 256 g/mol.